The van der Waals surface area contributed by atoms with Crippen molar-refractivity contribution in [2.24, 2.45) is 22.9 Å². The Kier molecular flexibility index (Phi) is 13.1. The van der Waals surface area contributed by atoms with Crippen molar-refractivity contribution in [3.05, 3.63) is 60.7 Å². The Bertz CT molecular complexity index is 1250. The highest BCUT2D eigenvalue weighted by molar-refractivity contribution is 6.02. The maximum absolute atomic E-state index is 13.8. The molecule has 0 spiro atoms. The van der Waals surface area contributed by atoms with Gasteiger partial charge < -0.3 is 34.4 Å². The molecule has 6 atom stereocenters. The number of amides is 1. The van der Waals surface area contributed by atoms with Gasteiger partial charge in [-0.3, -0.25) is 4.90 Å². The number of allylic oxidation sites excluding steroid dienone is 1. The number of nitrogens with zero attached hydrogens (tertiary/aromatic N) is 2. The first-order valence-electron chi connectivity index (χ1n) is 16.7. The van der Waals surface area contributed by atoms with Crippen molar-refractivity contribution in [2.45, 2.75) is 82.5 Å². The molecule has 10 heteroatoms. The van der Waals surface area contributed by atoms with Crippen LogP contribution in [-0.4, -0.2) is 83.9 Å². The van der Waals surface area contributed by atoms with Gasteiger partial charge in [-0.15, -0.1) is 13.2 Å². The van der Waals surface area contributed by atoms with Crippen LogP contribution in [0.15, 0.2) is 60.3 Å². The number of aromatic hydroxyl groups is 1. The van der Waals surface area contributed by atoms with E-state index in [0.717, 1.165) is 36.8 Å². The quantitative estimate of drug-likeness (QED) is 0.100. The van der Waals surface area contributed by atoms with E-state index >= 15 is 0 Å². The number of hydrogen-bond donors (Lipinski definition) is 3. The van der Waals surface area contributed by atoms with Crippen LogP contribution >= 0.6 is 0 Å². The van der Waals surface area contributed by atoms with Crippen LogP contribution in [0, 0.1) is 17.8 Å². The molecule has 46 heavy (non-hydrogen) atoms. The molecule has 4 rings (SSSR count). The lowest BCUT2D eigenvalue weighted by Gasteiger charge is -2.59. The van der Waals surface area contributed by atoms with E-state index in [2.05, 4.69) is 24.4 Å². The van der Waals surface area contributed by atoms with Crippen molar-refractivity contribution in [3.63, 3.8) is 0 Å². The number of carbonyl (C=O) groups is 1. The minimum absolute atomic E-state index is 0.0943. The largest absolute Gasteiger partial charge is 0.508 e. The summed E-state index contributed by atoms with van der Waals surface area (Å²) < 4.78 is 19.6. The van der Waals surface area contributed by atoms with E-state index in [1.807, 2.05) is 6.92 Å². The maximum atomic E-state index is 13.8. The second-order valence-corrected chi connectivity index (χ2v) is 12.4. The Morgan fingerprint density at radius 1 is 1.15 bits per heavy atom. The number of fused-ring (bicyclic) bond motifs is 2. The number of carbonyl (C=O) groups excluding carboxylic acids is 1. The summed E-state index contributed by atoms with van der Waals surface area (Å²) in [7, 11) is 1.52. The predicted octanol–water partition coefficient (Wildman–Crippen LogP) is 6.08. The molecular weight excluding hydrogens is 588 g/mol. The highest BCUT2D eigenvalue weighted by Crippen LogP contribution is 2.61. The van der Waals surface area contributed by atoms with Crippen LogP contribution in [-0.2, 0) is 14.3 Å². The van der Waals surface area contributed by atoms with Gasteiger partial charge in [0.05, 0.1) is 24.8 Å². The molecule has 1 aliphatic heterocycles. The number of phenols is 1. The van der Waals surface area contributed by atoms with Gasteiger partial charge in [-0.05, 0) is 74.1 Å². The van der Waals surface area contributed by atoms with E-state index < -0.39 is 23.8 Å². The zero-order chi connectivity index (χ0) is 33.1. The van der Waals surface area contributed by atoms with Crippen molar-refractivity contribution in [3.8, 4) is 11.5 Å². The van der Waals surface area contributed by atoms with Crippen LogP contribution in [0.2, 0.25) is 0 Å². The molecule has 0 aromatic heterocycles. The molecule has 1 aromatic carbocycles. The number of ether oxygens (including phenoxy) is 3. The predicted molar refractivity (Wildman–Crippen MR) is 177 cm³/mol. The third kappa shape index (κ3) is 7.45. The molecule has 0 saturated heterocycles. The second kappa shape index (κ2) is 17.0. The molecule has 0 radical (unpaired) electrons. The Balaban J connectivity index is 1.98. The summed E-state index contributed by atoms with van der Waals surface area (Å²) in [5.74, 6) is -0.969. The van der Waals surface area contributed by atoms with E-state index in [9.17, 15) is 20.1 Å². The molecular formula is C36H52N2O8. The van der Waals surface area contributed by atoms with Gasteiger partial charge in [0.2, 0.25) is 5.79 Å². The van der Waals surface area contributed by atoms with Gasteiger partial charge >= 0.3 is 6.09 Å². The number of aliphatic hydroxyl groups is 2. The molecule has 1 saturated carbocycles. The first kappa shape index (κ1) is 35.5. The van der Waals surface area contributed by atoms with Gasteiger partial charge in [-0.25, -0.2) is 4.79 Å². The summed E-state index contributed by atoms with van der Waals surface area (Å²) in [4.78, 5) is 21.0. The number of rotatable bonds is 18. The van der Waals surface area contributed by atoms with Crippen molar-refractivity contribution in [2.75, 3.05) is 40.1 Å². The van der Waals surface area contributed by atoms with Gasteiger partial charge in [0.25, 0.3) is 0 Å². The Hall–Kier alpha value is -3.34. The van der Waals surface area contributed by atoms with Gasteiger partial charge in [-0.1, -0.05) is 43.1 Å². The topological polar surface area (TPSA) is 130 Å². The van der Waals surface area contributed by atoms with Crippen LogP contribution < -0.4 is 4.74 Å². The zero-order valence-corrected chi connectivity index (χ0v) is 27.4. The fourth-order valence-corrected chi connectivity index (χ4v) is 7.70. The molecule has 1 aromatic rings. The molecule has 2 aliphatic carbocycles. The summed E-state index contributed by atoms with van der Waals surface area (Å²) in [6, 6.07) is 4.55. The average Bonchev–Trinajstić information content (AvgIpc) is 3.05. The number of hydrogen-bond acceptors (Lipinski definition) is 9. The van der Waals surface area contributed by atoms with Crippen LogP contribution in [0.25, 0.3) is 0 Å². The van der Waals surface area contributed by atoms with Crippen molar-refractivity contribution < 1.29 is 39.2 Å². The number of aliphatic hydroxyl groups excluding tert-OH is 2. The maximum Gasteiger partial charge on any atom is 0.410 e. The number of unbranched alkanes of at least 4 members (excludes halogenated alkanes) is 2. The van der Waals surface area contributed by atoms with E-state index in [0.29, 0.717) is 50.1 Å². The monoisotopic (exact) mass is 640 g/mol. The minimum Gasteiger partial charge on any atom is -0.508 e. The Morgan fingerprint density at radius 3 is 2.59 bits per heavy atom. The summed E-state index contributed by atoms with van der Waals surface area (Å²) >= 11 is 0. The van der Waals surface area contributed by atoms with Crippen LogP contribution in [0.5, 0.6) is 11.5 Å². The third-order valence-electron chi connectivity index (χ3n) is 9.48. The fraction of sp³-hybridized carbons (Fsp3) is 0.611. The molecule has 3 N–H and O–H groups in total. The van der Waals surface area contributed by atoms with Crippen molar-refractivity contribution in [1.82, 2.24) is 4.90 Å². The Morgan fingerprint density at radius 2 is 1.91 bits per heavy atom. The summed E-state index contributed by atoms with van der Waals surface area (Å²) in [5.41, 5.74) is 2.54. The SMILES string of the molecule is C=CCCOC(=O)N(CCC)C1CC(=NOC)C2=CC(CCCCO)C(CCCCO)C3c4cc(O)ccc4OC1(OCC=C)C23. The first-order valence-corrected chi connectivity index (χ1v) is 16.7. The standard InChI is InChI=1S/C36H52N2O8/c1-5-8-21-44-35(42)38(17-6-2)32-24-30(37-43-4)28-22-25(13-9-11-18-39)27(14-10-12-19-40)33-29-23-26(41)15-16-31(29)46-36(32,34(28)33)45-20-7-3/h5,7,15-16,22-23,25,27,32-34,39-41H,1,3,6,8-14,17-21,24H2,2,4H3. The Labute approximate surface area is 273 Å². The lowest BCUT2D eigenvalue weighted by Crippen LogP contribution is -2.70. The number of benzene rings is 1. The van der Waals surface area contributed by atoms with Gasteiger partial charge in [0.1, 0.15) is 24.7 Å². The summed E-state index contributed by atoms with van der Waals surface area (Å²) in [6.45, 7) is 10.7. The van der Waals surface area contributed by atoms with Gasteiger partial charge in [0.15, 0.2) is 0 Å². The second-order valence-electron chi connectivity index (χ2n) is 12.4. The smallest absolute Gasteiger partial charge is 0.410 e. The van der Waals surface area contributed by atoms with E-state index in [1.54, 1.807) is 35.3 Å². The average molecular weight is 641 g/mol. The van der Waals surface area contributed by atoms with Gasteiger partial charge in [0, 0.05) is 37.7 Å². The summed E-state index contributed by atoms with van der Waals surface area (Å²) in [6.07, 6.45) is 11.5. The minimum atomic E-state index is -1.33. The third-order valence-corrected chi connectivity index (χ3v) is 9.48. The van der Waals surface area contributed by atoms with E-state index in [-0.39, 0.29) is 49.9 Å². The lowest BCUT2D eigenvalue weighted by molar-refractivity contribution is -0.255. The van der Waals surface area contributed by atoms with Crippen LogP contribution in [0.4, 0.5) is 4.79 Å². The molecule has 0 bridgehead atoms. The zero-order valence-electron chi connectivity index (χ0n) is 27.4. The number of phenolic OH excluding ortho intramolecular Hbond substituents is 1. The highest BCUT2D eigenvalue weighted by atomic mass is 16.7. The van der Waals surface area contributed by atoms with Crippen molar-refractivity contribution in [1.29, 1.82) is 0 Å². The molecule has 6 unspecified atom stereocenters. The molecule has 254 valence electrons. The lowest BCUT2D eigenvalue weighted by atomic mass is 9.55. The van der Waals surface area contributed by atoms with Crippen LogP contribution in [0.3, 0.4) is 0 Å². The highest BCUT2D eigenvalue weighted by Gasteiger charge is 2.65. The van der Waals surface area contributed by atoms with Crippen molar-refractivity contribution >= 4 is 11.8 Å². The molecule has 1 heterocycles. The van der Waals surface area contributed by atoms with E-state index in [1.165, 1.54) is 7.11 Å². The van der Waals surface area contributed by atoms with E-state index in [4.69, 9.17) is 19.0 Å². The van der Waals surface area contributed by atoms with Crippen LogP contribution in [0.1, 0.15) is 76.2 Å². The first-order chi connectivity index (χ1) is 22.4. The number of oxime groups is 1. The normalized spacial score (nSPS) is 27.1. The van der Waals surface area contributed by atoms with Gasteiger partial charge in [-0.2, -0.15) is 0 Å². The molecule has 3 aliphatic rings. The molecule has 1 fully saturated rings. The summed E-state index contributed by atoms with van der Waals surface area (Å²) in [5, 5.41) is 34.6. The fourth-order valence-electron chi connectivity index (χ4n) is 7.70. The molecule has 1 amide bonds. The molecule has 10 nitrogen and oxygen atoms in total.